The number of hydrogen-bond donors (Lipinski definition) is 1. The summed E-state index contributed by atoms with van der Waals surface area (Å²) in [5, 5.41) is 3.35. The topological polar surface area (TPSA) is 12.0 Å². The quantitative estimate of drug-likeness (QED) is 0.740. The lowest BCUT2D eigenvalue weighted by Gasteiger charge is -2.08. The molecule has 13 heavy (non-hydrogen) atoms. The molecule has 1 nitrogen and oxygen atoms in total. The number of benzene rings is 1. The van der Waals surface area contributed by atoms with Gasteiger partial charge >= 0.3 is 0 Å². The zero-order valence-corrected chi connectivity index (χ0v) is 7.48. The zero-order chi connectivity index (χ0) is 9.42. The van der Waals surface area contributed by atoms with Gasteiger partial charge in [0.25, 0.3) is 6.43 Å². The highest BCUT2D eigenvalue weighted by Crippen LogP contribution is 2.30. The molecule has 1 aromatic rings. The largest absolute Gasteiger partial charge is 0.376 e. The molecule has 0 amide bonds. The standard InChI is InChI=1S/C9H8ClF2N/c10-6-1-2-7-5(3-6)4-8(13-7)9(11)12/h1-3,8-9,13H,4H2. The Hall–Kier alpha value is -0.830. The lowest BCUT2D eigenvalue weighted by atomic mass is 10.1. The molecule has 0 saturated carbocycles. The molecular weight excluding hydrogens is 196 g/mol. The third-order valence-electron chi connectivity index (χ3n) is 2.15. The van der Waals surface area contributed by atoms with Crippen molar-refractivity contribution >= 4 is 17.3 Å². The lowest BCUT2D eigenvalue weighted by Crippen LogP contribution is -2.24. The zero-order valence-electron chi connectivity index (χ0n) is 6.73. The summed E-state index contributed by atoms with van der Waals surface area (Å²) >= 11 is 5.74. The minimum absolute atomic E-state index is 0.355. The predicted molar refractivity (Wildman–Crippen MR) is 48.6 cm³/mol. The molecule has 1 atom stereocenters. The van der Waals surface area contributed by atoms with E-state index < -0.39 is 12.5 Å². The number of halogens is 3. The summed E-state index contributed by atoms with van der Waals surface area (Å²) in [6.07, 6.45) is -1.97. The number of fused-ring (bicyclic) bond motifs is 1. The monoisotopic (exact) mass is 203 g/mol. The van der Waals surface area contributed by atoms with Crippen molar-refractivity contribution in [1.29, 1.82) is 0 Å². The molecule has 0 radical (unpaired) electrons. The fourth-order valence-electron chi connectivity index (χ4n) is 1.51. The van der Waals surface area contributed by atoms with Crippen molar-refractivity contribution < 1.29 is 8.78 Å². The van der Waals surface area contributed by atoms with Crippen LogP contribution in [0, 0.1) is 0 Å². The molecule has 0 fully saturated rings. The third-order valence-corrected chi connectivity index (χ3v) is 2.39. The van der Waals surface area contributed by atoms with E-state index >= 15 is 0 Å². The highest BCUT2D eigenvalue weighted by Gasteiger charge is 2.27. The Labute approximate surface area is 79.7 Å². The lowest BCUT2D eigenvalue weighted by molar-refractivity contribution is 0.126. The molecule has 0 saturated heterocycles. The molecule has 70 valence electrons. The number of hydrogen-bond acceptors (Lipinski definition) is 1. The summed E-state index contributed by atoms with van der Waals surface area (Å²) in [5.74, 6) is 0. The van der Waals surface area contributed by atoms with Gasteiger partial charge in [0.15, 0.2) is 0 Å². The summed E-state index contributed by atoms with van der Waals surface area (Å²) < 4.78 is 24.6. The van der Waals surface area contributed by atoms with E-state index in [9.17, 15) is 8.78 Å². The van der Waals surface area contributed by atoms with Gasteiger partial charge in [0.2, 0.25) is 0 Å². The first-order valence-corrected chi connectivity index (χ1v) is 4.38. The van der Waals surface area contributed by atoms with Crippen molar-refractivity contribution in [1.82, 2.24) is 0 Å². The van der Waals surface area contributed by atoms with Crippen molar-refractivity contribution in [2.45, 2.75) is 18.9 Å². The van der Waals surface area contributed by atoms with E-state index in [0.717, 1.165) is 11.3 Å². The molecule has 0 aromatic heterocycles. The second-order valence-electron chi connectivity index (χ2n) is 3.09. The highest BCUT2D eigenvalue weighted by molar-refractivity contribution is 6.30. The normalized spacial score (nSPS) is 20.2. The Morgan fingerprint density at radius 3 is 2.92 bits per heavy atom. The first-order valence-electron chi connectivity index (χ1n) is 4.00. The Morgan fingerprint density at radius 1 is 1.46 bits per heavy atom. The van der Waals surface area contributed by atoms with Crippen molar-refractivity contribution in [3.05, 3.63) is 28.8 Å². The summed E-state index contributed by atoms with van der Waals surface area (Å²) in [6, 6.07) is 4.40. The Morgan fingerprint density at radius 2 is 2.23 bits per heavy atom. The van der Waals surface area contributed by atoms with E-state index in [1.807, 2.05) is 0 Å². The Kier molecular flexibility index (Phi) is 2.12. The molecule has 0 aliphatic carbocycles. The maximum absolute atomic E-state index is 12.3. The summed E-state index contributed by atoms with van der Waals surface area (Å²) in [7, 11) is 0. The van der Waals surface area contributed by atoms with Crippen LogP contribution in [0.5, 0.6) is 0 Å². The van der Waals surface area contributed by atoms with Gasteiger partial charge in [0.05, 0.1) is 6.04 Å². The van der Waals surface area contributed by atoms with Gasteiger partial charge in [-0.1, -0.05) is 11.6 Å². The van der Waals surface area contributed by atoms with Crippen LogP contribution in [-0.4, -0.2) is 12.5 Å². The minimum Gasteiger partial charge on any atom is -0.376 e. The van der Waals surface area contributed by atoms with Gasteiger partial charge in [-0.15, -0.1) is 0 Å². The molecule has 1 N–H and O–H groups in total. The van der Waals surface area contributed by atoms with Crippen molar-refractivity contribution in [3.63, 3.8) is 0 Å². The molecule has 1 aromatic carbocycles. The van der Waals surface area contributed by atoms with Crippen LogP contribution in [0.3, 0.4) is 0 Å². The van der Waals surface area contributed by atoms with E-state index in [0.29, 0.717) is 11.4 Å². The molecule has 1 heterocycles. The van der Waals surface area contributed by atoms with E-state index in [1.54, 1.807) is 18.2 Å². The highest BCUT2D eigenvalue weighted by atomic mass is 35.5. The van der Waals surface area contributed by atoms with Gasteiger partial charge in [0, 0.05) is 17.1 Å². The third kappa shape index (κ3) is 1.61. The van der Waals surface area contributed by atoms with Gasteiger partial charge in [-0.05, 0) is 23.8 Å². The van der Waals surface area contributed by atoms with Crippen LogP contribution in [0.25, 0.3) is 0 Å². The molecule has 1 aliphatic heterocycles. The molecule has 1 aliphatic rings. The van der Waals surface area contributed by atoms with Crippen LogP contribution in [0.15, 0.2) is 18.2 Å². The fourth-order valence-corrected chi connectivity index (χ4v) is 1.71. The maximum Gasteiger partial charge on any atom is 0.258 e. The SMILES string of the molecule is FC(F)C1Cc2cc(Cl)ccc2N1. The van der Waals surface area contributed by atoms with Crippen molar-refractivity contribution in [2.24, 2.45) is 0 Å². The minimum atomic E-state index is -2.33. The van der Waals surface area contributed by atoms with Gasteiger partial charge < -0.3 is 5.32 Å². The average Bonchev–Trinajstić information content (AvgIpc) is 2.46. The molecule has 0 bridgehead atoms. The molecule has 1 unspecified atom stereocenters. The van der Waals surface area contributed by atoms with Gasteiger partial charge in [-0.3, -0.25) is 0 Å². The van der Waals surface area contributed by atoms with Crippen LogP contribution in [-0.2, 0) is 6.42 Å². The summed E-state index contributed by atoms with van der Waals surface area (Å²) in [4.78, 5) is 0. The van der Waals surface area contributed by atoms with Crippen LogP contribution >= 0.6 is 11.6 Å². The van der Waals surface area contributed by atoms with E-state index in [-0.39, 0.29) is 0 Å². The van der Waals surface area contributed by atoms with E-state index in [1.165, 1.54) is 0 Å². The fraction of sp³-hybridized carbons (Fsp3) is 0.333. The van der Waals surface area contributed by atoms with Gasteiger partial charge in [-0.2, -0.15) is 0 Å². The van der Waals surface area contributed by atoms with E-state index in [2.05, 4.69) is 5.32 Å². The summed E-state index contributed by atoms with van der Waals surface area (Å²) in [5.41, 5.74) is 1.65. The first-order chi connectivity index (χ1) is 6.16. The Balaban J connectivity index is 2.25. The average molecular weight is 204 g/mol. The number of nitrogens with one attached hydrogen (secondary N) is 1. The Bertz CT molecular complexity index is 327. The van der Waals surface area contributed by atoms with E-state index in [4.69, 9.17) is 11.6 Å². The summed E-state index contributed by atoms with van der Waals surface area (Å²) in [6.45, 7) is 0. The first kappa shape index (κ1) is 8.75. The molecule has 4 heteroatoms. The smallest absolute Gasteiger partial charge is 0.258 e. The van der Waals surface area contributed by atoms with Crippen LogP contribution in [0.4, 0.5) is 14.5 Å². The van der Waals surface area contributed by atoms with Gasteiger partial charge in [-0.25, -0.2) is 8.78 Å². The van der Waals surface area contributed by atoms with Crippen LogP contribution in [0.1, 0.15) is 5.56 Å². The van der Waals surface area contributed by atoms with Crippen molar-refractivity contribution in [2.75, 3.05) is 5.32 Å². The number of anilines is 1. The molecule has 2 rings (SSSR count). The molecular formula is C9H8ClF2N. The van der Waals surface area contributed by atoms with Crippen molar-refractivity contribution in [3.8, 4) is 0 Å². The molecule has 0 spiro atoms. The van der Waals surface area contributed by atoms with Gasteiger partial charge in [0.1, 0.15) is 0 Å². The maximum atomic E-state index is 12.3. The second-order valence-corrected chi connectivity index (χ2v) is 3.53. The van der Waals surface area contributed by atoms with Crippen LogP contribution in [0.2, 0.25) is 5.02 Å². The second kappa shape index (κ2) is 3.14. The number of rotatable bonds is 1. The number of alkyl halides is 2. The predicted octanol–water partition coefficient (Wildman–Crippen LogP) is 2.94. The van der Waals surface area contributed by atoms with Crippen LogP contribution < -0.4 is 5.32 Å².